The number of benzene rings is 1. The Bertz CT molecular complexity index is 547. The Balaban J connectivity index is 1.79. The van der Waals surface area contributed by atoms with Gasteiger partial charge in [0.05, 0.1) is 6.54 Å². The average Bonchev–Trinajstić information content (AvgIpc) is 2.92. The minimum atomic E-state index is -0.983. The Hall–Kier alpha value is -2.24. The topological polar surface area (TPSA) is 79.5 Å². The summed E-state index contributed by atoms with van der Waals surface area (Å²) in [6.07, 6.45) is 1.56. The first-order valence-corrected chi connectivity index (χ1v) is 8.01. The molecule has 126 valence electrons. The van der Waals surface area contributed by atoms with Crippen molar-refractivity contribution >= 4 is 11.9 Å². The molecule has 0 unspecified atom stereocenters. The smallest absolute Gasteiger partial charge is 0.315 e. The molecule has 0 aliphatic carbocycles. The number of urea groups is 1. The lowest BCUT2D eigenvalue weighted by Gasteiger charge is -2.26. The predicted molar refractivity (Wildman–Crippen MR) is 88.5 cm³/mol. The number of rotatable bonds is 6. The van der Waals surface area contributed by atoms with Gasteiger partial charge >= 0.3 is 6.03 Å². The maximum atomic E-state index is 12.3. The number of nitrogens with one attached hydrogen (secondary N) is 3. The van der Waals surface area contributed by atoms with Crippen LogP contribution in [0, 0.1) is 0 Å². The maximum Gasteiger partial charge on any atom is 0.315 e. The molecule has 0 saturated carbocycles. The lowest BCUT2D eigenvalue weighted by molar-refractivity contribution is -0.126. The molecular formula is C17H25N3O3. The van der Waals surface area contributed by atoms with Gasteiger partial charge in [-0.1, -0.05) is 25.1 Å². The highest BCUT2D eigenvalue weighted by molar-refractivity contribution is 5.90. The van der Waals surface area contributed by atoms with Crippen LogP contribution in [0.2, 0.25) is 0 Å². The molecule has 23 heavy (non-hydrogen) atoms. The van der Waals surface area contributed by atoms with Gasteiger partial charge in [-0.25, -0.2) is 4.79 Å². The molecule has 1 aliphatic heterocycles. The van der Waals surface area contributed by atoms with E-state index in [1.165, 1.54) is 0 Å². The summed E-state index contributed by atoms with van der Waals surface area (Å²) in [5, 5.41) is 8.23. The normalized spacial score (nSPS) is 16.2. The van der Waals surface area contributed by atoms with E-state index in [2.05, 4.69) is 16.0 Å². The maximum absolute atomic E-state index is 12.3. The second kappa shape index (κ2) is 7.35. The van der Waals surface area contributed by atoms with E-state index in [1.807, 2.05) is 31.2 Å². The Morgan fingerprint density at radius 1 is 1.26 bits per heavy atom. The molecule has 0 radical (unpaired) electrons. The fourth-order valence-electron chi connectivity index (χ4n) is 2.42. The molecular weight excluding hydrogens is 294 g/mol. The van der Waals surface area contributed by atoms with Crippen LogP contribution in [0.4, 0.5) is 4.79 Å². The zero-order valence-corrected chi connectivity index (χ0v) is 13.9. The zero-order valence-electron chi connectivity index (χ0n) is 13.9. The summed E-state index contributed by atoms with van der Waals surface area (Å²) in [6, 6.07) is 7.53. The first-order valence-electron chi connectivity index (χ1n) is 8.01. The molecule has 1 aliphatic rings. The van der Waals surface area contributed by atoms with Gasteiger partial charge in [0.2, 0.25) is 5.91 Å². The fraction of sp³-hybridized carbons (Fsp3) is 0.529. The zero-order chi connectivity index (χ0) is 16.9. The van der Waals surface area contributed by atoms with Crippen LogP contribution in [0.1, 0.15) is 32.8 Å². The van der Waals surface area contributed by atoms with Crippen molar-refractivity contribution in [3.8, 4) is 5.75 Å². The van der Waals surface area contributed by atoms with Gasteiger partial charge in [0.25, 0.3) is 0 Å². The molecule has 0 aromatic heterocycles. The SMILES string of the molecule is CCCNC(=O)NC(C)(C)C(=O)NC[C@H]1Cc2ccccc2O1. The van der Waals surface area contributed by atoms with Crippen LogP contribution in [-0.2, 0) is 11.2 Å². The minimum absolute atomic E-state index is 0.0685. The largest absolute Gasteiger partial charge is 0.488 e. The van der Waals surface area contributed by atoms with Crippen molar-refractivity contribution in [2.75, 3.05) is 13.1 Å². The van der Waals surface area contributed by atoms with Gasteiger partial charge in [-0.2, -0.15) is 0 Å². The van der Waals surface area contributed by atoms with Crippen molar-refractivity contribution < 1.29 is 14.3 Å². The molecule has 1 aromatic rings. The van der Waals surface area contributed by atoms with Gasteiger partial charge in [-0.05, 0) is 31.9 Å². The number of carbonyl (C=O) groups excluding carboxylic acids is 2. The Labute approximate surface area is 137 Å². The summed E-state index contributed by atoms with van der Waals surface area (Å²) < 4.78 is 5.79. The lowest BCUT2D eigenvalue weighted by atomic mass is 10.0. The highest BCUT2D eigenvalue weighted by Gasteiger charge is 2.31. The third-order valence-corrected chi connectivity index (χ3v) is 3.73. The standard InChI is InChI=1S/C17H25N3O3/c1-4-9-18-16(22)20-17(2,3)15(21)19-11-13-10-12-7-5-6-8-14(12)23-13/h5-8,13H,4,9-11H2,1-3H3,(H,19,21)(H2,18,20,22)/t13-/m1/s1. The molecule has 3 amide bonds. The summed E-state index contributed by atoms with van der Waals surface area (Å²) in [6.45, 7) is 6.32. The molecule has 0 bridgehead atoms. The van der Waals surface area contributed by atoms with Crippen LogP contribution in [-0.4, -0.2) is 36.7 Å². The van der Waals surface area contributed by atoms with E-state index >= 15 is 0 Å². The first kappa shape index (κ1) is 17.1. The molecule has 0 fully saturated rings. The van der Waals surface area contributed by atoms with E-state index in [9.17, 15) is 9.59 Å². The highest BCUT2D eigenvalue weighted by atomic mass is 16.5. The quantitative estimate of drug-likeness (QED) is 0.745. The number of hydrogen-bond donors (Lipinski definition) is 3. The van der Waals surface area contributed by atoms with E-state index in [4.69, 9.17) is 4.74 Å². The minimum Gasteiger partial charge on any atom is -0.488 e. The fourth-order valence-corrected chi connectivity index (χ4v) is 2.42. The number of para-hydroxylation sites is 1. The second-order valence-corrected chi connectivity index (χ2v) is 6.27. The Morgan fingerprint density at radius 3 is 2.70 bits per heavy atom. The van der Waals surface area contributed by atoms with Crippen molar-refractivity contribution in [2.24, 2.45) is 0 Å². The number of hydrogen-bond acceptors (Lipinski definition) is 3. The third-order valence-electron chi connectivity index (χ3n) is 3.73. The monoisotopic (exact) mass is 319 g/mol. The lowest BCUT2D eigenvalue weighted by Crippen LogP contribution is -2.58. The van der Waals surface area contributed by atoms with Crippen molar-refractivity contribution in [3.63, 3.8) is 0 Å². The molecule has 3 N–H and O–H groups in total. The molecule has 2 rings (SSSR count). The average molecular weight is 319 g/mol. The summed E-state index contributed by atoms with van der Waals surface area (Å²) in [5.74, 6) is 0.645. The van der Waals surface area contributed by atoms with Gasteiger partial charge in [0.1, 0.15) is 17.4 Å². The third kappa shape index (κ3) is 4.61. The summed E-state index contributed by atoms with van der Waals surface area (Å²) in [5.41, 5.74) is 0.173. The molecule has 1 atom stereocenters. The van der Waals surface area contributed by atoms with Crippen LogP contribution in [0.25, 0.3) is 0 Å². The van der Waals surface area contributed by atoms with Crippen LogP contribution >= 0.6 is 0 Å². The number of fused-ring (bicyclic) bond motifs is 1. The molecule has 0 spiro atoms. The van der Waals surface area contributed by atoms with Crippen molar-refractivity contribution in [1.29, 1.82) is 0 Å². The van der Waals surface area contributed by atoms with E-state index in [1.54, 1.807) is 13.8 Å². The molecule has 6 nitrogen and oxygen atoms in total. The molecule has 1 aromatic carbocycles. The van der Waals surface area contributed by atoms with E-state index in [0.717, 1.165) is 24.2 Å². The van der Waals surface area contributed by atoms with Crippen LogP contribution in [0.5, 0.6) is 5.75 Å². The van der Waals surface area contributed by atoms with Crippen molar-refractivity contribution in [1.82, 2.24) is 16.0 Å². The van der Waals surface area contributed by atoms with Gasteiger partial charge in [-0.3, -0.25) is 4.79 Å². The van der Waals surface area contributed by atoms with Crippen LogP contribution in [0.15, 0.2) is 24.3 Å². The Kier molecular flexibility index (Phi) is 5.47. The van der Waals surface area contributed by atoms with Gasteiger partial charge in [-0.15, -0.1) is 0 Å². The van der Waals surface area contributed by atoms with E-state index in [-0.39, 0.29) is 18.0 Å². The predicted octanol–water partition coefficient (Wildman–Crippen LogP) is 1.59. The molecule has 1 heterocycles. The molecule has 0 saturated heterocycles. The summed E-state index contributed by atoms with van der Waals surface area (Å²) >= 11 is 0. The number of ether oxygens (including phenoxy) is 1. The number of carbonyl (C=O) groups is 2. The van der Waals surface area contributed by atoms with Gasteiger partial charge < -0.3 is 20.7 Å². The van der Waals surface area contributed by atoms with E-state index < -0.39 is 5.54 Å². The van der Waals surface area contributed by atoms with Crippen molar-refractivity contribution in [2.45, 2.75) is 45.3 Å². The Morgan fingerprint density at radius 2 is 2.00 bits per heavy atom. The number of amides is 3. The van der Waals surface area contributed by atoms with Crippen LogP contribution < -0.4 is 20.7 Å². The first-order chi connectivity index (χ1) is 10.9. The highest BCUT2D eigenvalue weighted by Crippen LogP contribution is 2.27. The summed E-state index contributed by atoms with van der Waals surface area (Å²) in [7, 11) is 0. The van der Waals surface area contributed by atoms with Crippen molar-refractivity contribution in [3.05, 3.63) is 29.8 Å². The summed E-state index contributed by atoms with van der Waals surface area (Å²) in [4.78, 5) is 24.0. The van der Waals surface area contributed by atoms with E-state index in [0.29, 0.717) is 13.1 Å². The van der Waals surface area contributed by atoms with Gasteiger partial charge in [0, 0.05) is 13.0 Å². The van der Waals surface area contributed by atoms with Crippen LogP contribution in [0.3, 0.4) is 0 Å². The van der Waals surface area contributed by atoms with Gasteiger partial charge in [0.15, 0.2) is 0 Å². The molecule has 6 heteroatoms. The second-order valence-electron chi connectivity index (χ2n) is 6.27.